The van der Waals surface area contributed by atoms with Crippen LogP contribution in [0.15, 0.2) is 77.6 Å². The fraction of sp³-hybridized carbons (Fsp3) is 0.160. The second-order valence-corrected chi connectivity index (χ2v) is 8.71. The Labute approximate surface area is 183 Å². The van der Waals surface area contributed by atoms with Crippen LogP contribution in [-0.4, -0.2) is 27.4 Å². The zero-order chi connectivity index (χ0) is 21.5. The summed E-state index contributed by atoms with van der Waals surface area (Å²) in [6.45, 7) is 2.14. The summed E-state index contributed by atoms with van der Waals surface area (Å²) < 4.78 is 3.05. The van der Waals surface area contributed by atoms with E-state index in [1.807, 2.05) is 91.3 Å². The van der Waals surface area contributed by atoms with Crippen molar-refractivity contribution in [3.8, 4) is 0 Å². The molecule has 0 aliphatic carbocycles. The van der Waals surface area contributed by atoms with Crippen molar-refractivity contribution in [1.29, 1.82) is 0 Å². The van der Waals surface area contributed by atoms with Crippen LogP contribution in [0.4, 0.5) is 0 Å². The summed E-state index contributed by atoms with van der Waals surface area (Å²) in [6.07, 6.45) is 0. The summed E-state index contributed by atoms with van der Waals surface area (Å²) in [5.74, 6) is -0.0364. The molecule has 0 fully saturated rings. The van der Waals surface area contributed by atoms with E-state index in [9.17, 15) is 9.59 Å². The molecule has 2 heterocycles. The lowest BCUT2D eigenvalue weighted by Gasteiger charge is -2.25. The molecular formula is C25H21N3O2S. The molecule has 0 radical (unpaired) electrons. The van der Waals surface area contributed by atoms with Gasteiger partial charge in [-0.15, -0.1) is 11.3 Å². The molecule has 154 valence electrons. The van der Waals surface area contributed by atoms with Crippen molar-refractivity contribution >= 4 is 49.3 Å². The Kier molecular flexibility index (Phi) is 4.79. The van der Waals surface area contributed by atoms with E-state index in [2.05, 4.69) is 0 Å². The minimum absolute atomic E-state index is 0.00824. The molecule has 2 aromatic heterocycles. The van der Waals surface area contributed by atoms with Crippen LogP contribution >= 0.6 is 11.3 Å². The van der Waals surface area contributed by atoms with Gasteiger partial charge in [0.05, 0.1) is 27.3 Å². The highest BCUT2D eigenvalue weighted by atomic mass is 32.1. The number of carbonyl (C=O) groups is 1. The molecule has 6 heteroatoms. The van der Waals surface area contributed by atoms with Crippen LogP contribution in [0.5, 0.6) is 0 Å². The number of rotatable bonds is 4. The van der Waals surface area contributed by atoms with E-state index >= 15 is 0 Å². The van der Waals surface area contributed by atoms with E-state index in [0.717, 1.165) is 26.3 Å². The predicted octanol–water partition coefficient (Wildman–Crippen LogP) is 4.98. The Morgan fingerprint density at radius 1 is 0.968 bits per heavy atom. The van der Waals surface area contributed by atoms with E-state index in [1.165, 1.54) is 0 Å². The molecule has 0 saturated carbocycles. The second kappa shape index (κ2) is 7.63. The molecule has 0 unspecified atom stereocenters. The van der Waals surface area contributed by atoms with E-state index in [-0.39, 0.29) is 23.9 Å². The molecule has 0 aliphatic heterocycles. The highest BCUT2D eigenvalue weighted by Gasteiger charge is 2.22. The molecular weight excluding hydrogens is 406 g/mol. The quantitative estimate of drug-likeness (QED) is 0.380. The number of amides is 1. The summed E-state index contributed by atoms with van der Waals surface area (Å²) in [5.41, 5.74) is 2.47. The van der Waals surface area contributed by atoms with Gasteiger partial charge in [0.25, 0.3) is 0 Å². The van der Waals surface area contributed by atoms with Gasteiger partial charge in [0, 0.05) is 17.8 Å². The van der Waals surface area contributed by atoms with Gasteiger partial charge in [0.2, 0.25) is 5.91 Å². The molecule has 0 spiro atoms. The maximum atomic E-state index is 13.3. The van der Waals surface area contributed by atoms with Crippen molar-refractivity contribution < 1.29 is 4.79 Å². The summed E-state index contributed by atoms with van der Waals surface area (Å²) in [4.78, 5) is 32.7. The van der Waals surface area contributed by atoms with Crippen LogP contribution in [0.1, 0.15) is 18.0 Å². The van der Waals surface area contributed by atoms with E-state index in [1.54, 1.807) is 16.2 Å². The van der Waals surface area contributed by atoms with Gasteiger partial charge in [-0.3, -0.25) is 9.59 Å². The number of benzene rings is 3. The van der Waals surface area contributed by atoms with Gasteiger partial charge in [-0.1, -0.05) is 36.4 Å². The van der Waals surface area contributed by atoms with Crippen LogP contribution in [0.25, 0.3) is 32.0 Å². The van der Waals surface area contributed by atoms with Gasteiger partial charge < -0.3 is 9.47 Å². The van der Waals surface area contributed by atoms with Crippen LogP contribution in [0.3, 0.4) is 0 Å². The lowest BCUT2D eigenvalue weighted by atomic mass is 10.1. The lowest BCUT2D eigenvalue weighted by Crippen LogP contribution is -2.33. The molecule has 5 rings (SSSR count). The summed E-state index contributed by atoms with van der Waals surface area (Å²) >= 11 is 1.61. The van der Waals surface area contributed by atoms with E-state index < -0.39 is 0 Å². The Bertz CT molecular complexity index is 1410. The van der Waals surface area contributed by atoms with Crippen LogP contribution < -0.4 is 5.43 Å². The van der Waals surface area contributed by atoms with Crippen molar-refractivity contribution in [2.75, 3.05) is 7.05 Å². The van der Waals surface area contributed by atoms with Gasteiger partial charge in [0.1, 0.15) is 11.6 Å². The van der Waals surface area contributed by atoms with E-state index in [4.69, 9.17) is 4.98 Å². The first-order valence-corrected chi connectivity index (χ1v) is 11.0. The third kappa shape index (κ3) is 3.29. The third-order valence-electron chi connectivity index (χ3n) is 5.81. The topological polar surface area (TPSA) is 55.2 Å². The number of aromatic nitrogens is 2. The normalized spacial score (nSPS) is 12.5. The fourth-order valence-electron chi connectivity index (χ4n) is 3.94. The first-order valence-electron chi connectivity index (χ1n) is 10.2. The van der Waals surface area contributed by atoms with Crippen molar-refractivity contribution in [3.05, 3.63) is 88.0 Å². The highest BCUT2D eigenvalue weighted by molar-refractivity contribution is 7.18. The SMILES string of the molecule is C[C@H](c1nc2ccccc2s1)N(C)C(=O)Cn1c2ccccc2c(=O)c2ccccc21. The Morgan fingerprint density at radius 2 is 1.55 bits per heavy atom. The molecule has 0 aliphatic rings. The summed E-state index contributed by atoms with van der Waals surface area (Å²) in [7, 11) is 1.81. The van der Waals surface area contributed by atoms with Gasteiger partial charge in [0.15, 0.2) is 5.43 Å². The first-order chi connectivity index (χ1) is 15.0. The Morgan fingerprint density at radius 3 is 2.19 bits per heavy atom. The Hall–Kier alpha value is -3.51. The fourth-order valence-corrected chi connectivity index (χ4v) is 5.01. The number of pyridine rings is 1. The van der Waals surface area contributed by atoms with Gasteiger partial charge in [-0.2, -0.15) is 0 Å². The average Bonchev–Trinajstić information content (AvgIpc) is 3.25. The number of fused-ring (bicyclic) bond motifs is 3. The van der Waals surface area contributed by atoms with Crippen LogP contribution in [0, 0.1) is 0 Å². The Balaban J connectivity index is 1.53. The number of hydrogen-bond acceptors (Lipinski definition) is 4. The molecule has 3 aromatic carbocycles. The molecule has 5 aromatic rings. The smallest absolute Gasteiger partial charge is 0.242 e. The van der Waals surface area contributed by atoms with Crippen LogP contribution in [-0.2, 0) is 11.3 Å². The monoisotopic (exact) mass is 427 g/mol. The number of para-hydroxylation sites is 3. The predicted molar refractivity (Wildman–Crippen MR) is 127 cm³/mol. The number of carbonyl (C=O) groups excluding carboxylic acids is 1. The number of nitrogens with zero attached hydrogens (tertiary/aromatic N) is 3. The zero-order valence-electron chi connectivity index (χ0n) is 17.3. The minimum atomic E-state index is -0.151. The largest absolute Gasteiger partial charge is 0.335 e. The summed E-state index contributed by atoms with van der Waals surface area (Å²) in [5, 5.41) is 2.15. The van der Waals surface area contributed by atoms with Crippen LogP contribution in [0.2, 0.25) is 0 Å². The summed E-state index contributed by atoms with van der Waals surface area (Å²) in [6, 6.07) is 22.8. The van der Waals surface area contributed by atoms with Crippen molar-refractivity contribution in [1.82, 2.24) is 14.5 Å². The molecule has 0 bridgehead atoms. The first kappa shape index (κ1) is 19.5. The molecule has 31 heavy (non-hydrogen) atoms. The van der Waals surface area contributed by atoms with Crippen molar-refractivity contribution in [2.24, 2.45) is 0 Å². The number of thiazole rings is 1. The minimum Gasteiger partial charge on any atom is -0.335 e. The van der Waals surface area contributed by atoms with Gasteiger partial charge in [-0.25, -0.2) is 4.98 Å². The van der Waals surface area contributed by atoms with Gasteiger partial charge in [-0.05, 0) is 43.3 Å². The lowest BCUT2D eigenvalue weighted by molar-refractivity contribution is -0.132. The average molecular weight is 428 g/mol. The van der Waals surface area contributed by atoms with E-state index in [0.29, 0.717) is 10.8 Å². The maximum Gasteiger partial charge on any atom is 0.242 e. The maximum absolute atomic E-state index is 13.3. The molecule has 0 N–H and O–H groups in total. The standard InChI is InChI=1S/C25H21N3O2S/c1-16(25-26-19-11-5-8-14-22(19)31-25)27(2)23(29)15-28-20-12-6-3-9-17(20)24(30)18-10-4-7-13-21(18)28/h3-14,16H,15H2,1-2H3/t16-/m1/s1. The number of likely N-dealkylation sites (N-methyl/N-ethyl adjacent to an activating group) is 1. The second-order valence-electron chi connectivity index (χ2n) is 7.65. The van der Waals surface area contributed by atoms with Crippen molar-refractivity contribution in [3.63, 3.8) is 0 Å². The van der Waals surface area contributed by atoms with Crippen molar-refractivity contribution in [2.45, 2.75) is 19.5 Å². The molecule has 5 nitrogen and oxygen atoms in total. The molecule has 0 saturated heterocycles. The zero-order valence-corrected chi connectivity index (χ0v) is 18.1. The molecule has 1 atom stereocenters. The highest BCUT2D eigenvalue weighted by Crippen LogP contribution is 2.29. The number of hydrogen-bond donors (Lipinski definition) is 0. The third-order valence-corrected chi connectivity index (χ3v) is 7.02. The molecule has 1 amide bonds. The van der Waals surface area contributed by atoms with Gasteiger partial charge >= 0.3 is 0 Å².